The van der Waals surface area contributed by atoms with Crippen molar-refractivity contribution in [3.8, 4) is 17.3 Å². The van der Waals surface area contributed by atoms with Crippen molar-refractivity contribution in [1.29, 1.82) is 5.26 Å². The highest BCUT2D eigenvalue weighted by Crippen LogP contribution is 2.30. The van der Waals surface area contributed by atoms with Crippen LogP contribution in [-0.4, -0.2) is 58.3 Å². The van der Waals surface area contributed by atoms with E-state index in [2.05, 4.69) is 38.5 Å². The zero-order valence-corrected chi connectivity index (χ0v) is 23.7. The Morgan fingerprint density at radius 2 is 1.82 bits per heavy atom. The lowest BCUT2D eigenvalue weighted by Crippen LogP contribution is -2.38. The molecule has 0 fully saturated rings. The van der Waals surface area contributed by atoms with Gasteiger partial charge in [-0.25, -0.2) is 9.97 Å². The van der Waals surface area contributed by atoms with Crippen molar-refractivity contribution >= 4 is 35.1 Å². The lowest BCUT2D eigenvalue weighted by Gasteiger charge is -2.20. The van der Waals surface area contributed by atoms with Crippen LogP contribution in [0.15, 0.2) is 47.6 Å². The van der Waals surface area contributed by atoms with Gasteiger partial charge in [0.25, 0.3) is 0 Å². The number of nitrogen functional groups attached to an aromatic ring is 1. The zero-order chi connectivity index (χ0) is 28.5. The number of pyridine rings is 1. The number of carbonyl (C=O) groups excluding carboxylic acids is 2. The van der Waals surface area contributed by atoms with E-state index in [0.717, 1.165) is 11.4 Å². The molecule has 0 aliphatic rings. The maximum absolute atomic E-state index is 12.4. The predicted molar refractivity (Wildman–Crippen MR) is 154 cm³/mol. The van der Waals surface area contributed by atoms with Gasteiger partial charge in [0, 0.05) is 54.5 Å². The lowest BCUT2D eigenvalue weighted by molar-refractivity contribution is -0.121. The van der Waals surface area contributed by atoms with E-state index in [0.29, 0.717) is 40.8 Å². The smallest absolute Gasteiger partial charge is 0.221 e. The van der Waals surface area contributed by atoms with Crippen LogP contribution in [0.2, 0.25) is 0 Å². The number of likely N-dealkylation sites (N-methyl/N-ethyl adjacent to an activating group) is 1. The molecule has 1 aromatic carbocycles. The van der Waals surface area contributed by atoms with Gasteiger partial charge < -0.3 is 21.3 Å². The molecule has 2 atom stereocenters. The summed E-state index contributed by atoms with van der Waals surface area (Å²) in [4.78, 5) is 39.4. The van der Waals surface area contributed by atoms with Crippen LogP contribution in [0.5, 0.6) is 0 Å². The molecule has 3 aromatic rings. The standard InChI is InChI=1S/C28H34N8O2S/c1-17(13-25(38)31-15-18(2)36(4)5)24-8-6-7-22(33-24)16-39-28-34-26(23(14-29)27(30)35-28)20-9-11-21(12-10-20)32-19(3)37/h6-12,17-18H,13,15-16H2,1-5H3,(H,31,38)(H,32,37)(H2,30,34,35). The minimum atomic E-state index is -0.171. The summed E-state index contributed by atoms with van der Waals surface area (Å²) in [5, 5.41) is 15.8. The number of hydrogen-bond donors (Lipinski definition) is 3. The first kappa shape index (κ1) is 29.5. The first-order valence-electron chi connectivity index (χ1n) is 12.5. The van der Waals surface area contributed by atoms with E-state index in [1.165, 1.54) is 18.7 Å². The molecule has 0 saturated heterocycles. The van der Waals surface area contributed by atoms with Crippen LogP contribution < -0.4 is 16.4 Å². The second-order valence-corrected chi connectivity index (χ2v) is 10.5. The van der Waals surface area contributed by atoms with Gasteiger partial charge in [0.1, 0.15) is 17.5 Å². The first-order chi connectivity index (χ1) is 18.6. The number of anilines is 2. The number of nitriles is 1. The lowest BCUT2D eigenvalue weighted by atomic mass is 10.0. The van der Waals surface area contributed by atoms with Crippen molar-refractivity contribution in [2.24, 2.45) is 0 Å². The predicted octanol–water partition coefficient (Wildman–Crippen LogP) is 3.80. The summed E-state index contributed by atoms with van der Waals surface area (Å²) < 4.78 is 0. The van der Waals surface area contributed by atoms with E-state index in [1.54, 1.807) is 24.3 Å². The fourth-order valence-electron chi connectivity index (χ4n) is 3.65. The van der Waals surface area contributed by atoms with Gasteiger partial charge in [0.2, 0.25) is 11.8 Å². The molecule has 0 radical (unpaired) electrons. The monoisotopic (exact) mass is 546 g/mol. The van der Waals surface area contributed by atoms with Crippen LogP contribution in [0.3, 0.4) is 0 Å². The molecule has 39 heavy (non-hydrogen) atoms. The number of nitrogens with zero attached hydrogens (tertiary/aromatic N) is 5. The van der Waals surface area contributed by atoms with Gasteiger partial charge in [-0.3, -0.25) is 14.6 Å². The minimum absolute atomic E-state index is 0.00290. The number of carbonyl (C=O) groups is 2. The first-order valence-corrected chi connectivity index (χ1v) is 13.5. The van der Waals surface area contributed by atoms with E-state index in [9.17, 15) is 14.9 Å². The second-order valence-electron chi connectivity index (χ2n) is 9.55. The van der Waals surface area contributed by atoms with Gasteiger partial charge >= 0.3 is 0 Å². The Morgan fingerprint density at radius 3 is 2.46 bits per heavy atom. The van der Waals surface area contributed by atoms with Crippen LogP contribution in [0, 0.1) is 11.3 Å². The van der Waals surface area contributed by atoms with Crippen LogP contribution in [0.4, 0.5) is 11.5 Å². The molecule has 204 valence electrons. The van der Waals surface area contributed by atoms with E-state index in [1.807, 2.05) is 39.2 Å². The molecule has 0 aliphatic heterocycles. The van der Waals surface area contributed by atoms with Crippen LogP contribution in [0.25, 0.3) is 11.3 Å². The molecule has 2 aromatic heterocycles. The average Bonchev–Trinajstić information content (AvgIpc) is 2.90. The van der Waals surface area contributed by atoms with Crippen molar-refractivity contribution in [2.45, 2.75) is 50.1 Å². The van der Waals surface area contributed by atoms with Gasteiger partial charge in [-0.1, -0.05) is 36.9 Å². The molecule has 0 spiro atoms. The van der Waals surface area contributed by atoms with Gasteiger partial charge in [0.05, 0.1) is 11.4 Å². The Balaban J connectivity index is 1.70. The highest BCUT2D eigenvalue weighted by atomic mass is 32.2. The molecular weight excluding hydrogens is 512 g/mol. The Bertz CT molecular complexity index is 1350. The fraction of sp³-hybridized carbons (Fsp3) is 0.357. The highest BCUT2D eigenvalue weighted by molar-refractivity contribution is 7.98. The molecule has 0 aliphatic carbocycles. The van der Waals surface area contributed by atoms with E-state index in [4.69, 9.17) is 10.7 Å². The molecule has 10 nitrogen and oxygen atoms in total. The van der Waals surface area contributed by atoms with E-state index in [-0.39, 0.29) is 35.2 Å². The van der Waals surface area contributed by atoms with Gasteiger partial charge in [0.15, 0.2) is 5.16 Å². The largest absolute Gasteiger partial charge is 0.382 e. The summed E-state index contributed by atoms with van der Waals surface area (Å²) in [5.74, 6) is 0.367. The number of rotatable bonds is 11. The quantitative estimate of drug-likeness (QED) is 0.241. The molecule has 0 saturated carbocycles. The summed E-state index contributed by atoms with van der Waals surface area (Å²) in [6.07, 6.45) is 0.350. The van der Waals surface area contributed by atoms with Crippen molar-refractivity contribution < 1.29 is 9.59 Å². The zero-order valence-electron chi connectivity index (χ0n) is 22.9. The summed E-state index contributed by atoms with van der Waals surface area (Å²) in [6.45, 7) is 6.08. The molecule has 0 bridgehead atoms. The summed E-state index contributed by atoms with van der Waals surface area (Å²) >= 11 is 1.36. The van der Waals surface area contributed by atoms with Crippen molar-refractivity contribution in [3.63, 3.8) is 0 Å². The SMILES string of the molecule is CC(=O)Nc1ccc(-c2nc(SCc3cccc(C(C)CC(=O)NCC(C)N(C)C)n3)nc(N)c2C#N)cc1. The maximum Gasteiger partial charge on any atom is 0.221 e. The van der Waals surface area contributed by atoms with Gasteiger partial charge in [-0.05, 0) is 45.3 Å². The average molecular weight is 547 g/mol. The molecule has 2 amide bonds. The summed E-state index contributed by atoms with van der Waals surface area (Å²) in [7, 11) is 3.97. The number of benzene rings is 1. The number of thioether (sulfide) groups is 1. The van der Waals surface area contributed by atoms with Crippen LogP contribution in [0.1, 0.15) is 50.1 Å². The fourth-order valence-corrected chi connectivity index (χ4v) is 4.40. The van der Waals surface area contributed by atoms with Crippen LogP contribution in [-0.2, 0) is 15.3 Å². The Labute approximate surface area is 233 Å². The third kappa shape index (κ3) is 8.49. The van der Waals surface area contributed by atoms with Crippen molar-refractivity contribution in [1.82, 2.24) is 25.2 Å². The third-order valence-corrected chi connectivity index (χ3v) is 7.04. The molecule has 4 N–H and O–H groups in total. The molecule has 3 rings (SSSR count). The summed E-state index contributed by atoms with van der Waals surface area (Å²) in [5.41, 5.74) is 9.70. The number of hydrogen-bond acceptors (Lipinski definition) is 9. The topological polar surface area (TPSA) is 150 Å². The third-order valence-electron chi connectivity index (χ3n) is 6.16. The molecule has 11 heteroatoms. The van der Waals surface area contributed by atoms with Crippen molar-refractivity contribution in [3.05, 3.63) is 59.4 Å². The number of nitrogens with two attached hydrogens (primary N) is 1. The van der Waals surface area contributed by atoms with Crippen molar-refractivity contribution in [2.75, 3.05) is 31.7 Å². The number of amides is 2. The molecule has 2 unspecified atom stereocenters. The Morgan fingerprint density at radius 1 is 1.10 bits per heavy atom. The molecule has 2 heterocycles. The van der Waals surface area contributed by atoms with Gasteiger partial charge in [-0.15, -0.1) is 0 Å². The number of aromatic nitrogens is 3. The second kappa shape index (κ2) is 13.7. The number of nitrogens with one attached hydrogen (secondary N) is 2. The molecular formula is C28H34N8O2S. The minimum Gasteiger partial charge on any atom is -0.382 e. The van der Waals surface area contributed by atoms with E-state index < -0.39 is 0 Å². The maximum atomic E-state index is 12.4. The Kier molecular flexibility index (Phi) is 10.4. The van der Waals surface area contributed by atoms with E-state index >= 15 is 0 Å². The van der Waals surface area contributed by atoms with Gasteiger partial charge in [-0.2, -0.15) is 5.26 Å². The highest BCUT2D eigenvalue weighted by Gasteiger charge is 2.17. The Hall–Kier alpha value is -4.01. The summed E-state index contributed by atoms with van der Waals surface area (Å²) in [6, 6.07) is 15.1. The van der Waals surface area contributed by atoms with Crippen LogP contribution >= 0.6 is 11.8 Å². The normalized spacial score (nSPS) is 12.4.